The lowest BCUT2D eigenvalue weighted by atomic mass is 9.48. The molecule has 0 aromatic heterocycles. The summed E-state index contributed by atoms with van der Waals surface area (Å²) in [5.74, 6) is 4.92. The van der Waals surface area contributed by atoms with Gasteiger partial charge in [0.2, 0.25) is 0 Å². The molecule has 0 nitrogen and oxygen atoms in total. The Balaban J connectivity index is 0.00000161. The Morgan fingerprint density at radius 3 is 2.25 bits per heavy atom. The molecule has 3 aliphatic carbocycles. The van der Waals surface area contributed by atoms with E-state index < -0.39 is 0 Å². The van der Waals surface area contributed by atoms with Crippen molar-refractivity contribution < 1.29 is 1.43 Å². The Bertz CT molecular complexity index is 361. The van der Waals surface area contributed by atoms with E-state index in [1.54, 1.807) is 0 Å². The van der Waals surface area contributed by atoms with E-state index in [0.717, 1.165) is 29.6 Å². The van der Waals surface area contributed by atoms with Gasteiger partial charge in [0, 0.05) is 1.43 Å². The van der Waals surface area contributed by atoms with Gasteiger partial charge in [-0.2, -0.15) is 0 Å². The van der Waals surface area contributed by atoms with Crippen LogP contribution in [0.2, 0.25) is 0 Å². The van der Waals surface area contributed by atoms with E-state index in [2.05, 4.69) is 34.6 Å². The zero-order chi connectivity index (χ0) is 14.5. The van der Waals surface area contributed by atoms with Crippen LogP contribution in [0.25, 0.3) is 0 Å². The number of hydrogen-bond acceptors (Lipinski definition) is 0. The predicted molar refractivity (Wildman–Crippen MR) is 89.7 cm³/mol. The van der Waals surface area contributed by atoms with Gasteiger partial charge in [0.05, 0.1) is 0 Å². The molecule has 0 saturated heterocycles. The molecule has 0 heteroatoms. The van der Waals surface area contributed by atoms with Crippen molar-refractivity contribution in [1.82, 2.24) is 0 Å². The van der Waals surface area contributed by atoms with E-state index in [-0.39, 0.29) is 1.43 Å². The SMILES string of the molecule is C[C@@H]1CCC[C@@]2(C)CC[C@H]3[C@H](C)CC[C@@H](C[C@H]12)C3(C)C.[HH]. The first-order valence-electron chi connectivity index (χ1n) is 9.34. The van der Waals surface area contributed by atoms with Crippen molar-refractivity contribution in [1.29, 1.82) is 0 Å². The molecule has 3 rings (SSSR count). The lowest BCUT2D eigenvalue weighted by molar-refractivity contribution is -0.0692. The summed E-state index contributed by atoms with van der Waals surface area (Å²) in [4.78, 5) is 0. The van der Waals surface area contributed by atoms with E-state index in [1.165, 1.54) is 51.4 Å². The van der Waals surface area contributed by atoms with Gasteiger partial charge in [0.25, 0.3) is 0 Å². The van der Waals surface area contributed by atoms with Crippen molar-refractivity contribution in [2.45, 2.75) is 86.0 Å². The smallest absolute Gasteiger partial charge is 0 e. The third-order valence-electron chi connectivity index (χ3n) is 8.22. The van der Waals surface area contributed by atoms with E-state index in [0.29, 0.717) is 10.8 Å². The Kier molecular flexibility index (Phi) is 3.75. The van der Waals surface area contributed by atoms with Gasteiger partial charge in [-0.15, -0.1) is 0 Å². The van der Waals surface area contributed by atoms with Crippen LogP contribution < -0.4 is 0 Å². The van der Waals surface area contributed by atoms with Crippen molar-refractivity contribution in [2.75, 3.05) is 0 Å². The van der Waals surface area contributed by atoms with Crippen molar-refractivity contribution in [3.05, 3.63) is 0 Å². The fraction of sp³-hybridized carbons (Fsp3) is 1.00. The Morgan fingerprint density at radius 2 is 1.50 bits per heavy atom. The first-order chi connectivity index (χ1) is 9.34. The normalized spacial score (nSPS) is 51.8. The van der Waals surface area contributed by atoms with E-state index in [1.807, 2.05) is 0 Å². The molecular formula is C20H38. The maximum Gasteiger partial charge on any atom is 0 e. The van der Waals surface area contributed by atoms with E-state index >= 15 is 0 Å². The molecule has 0 N–H and O–H groups in total. The van der Waals surface area contributed by atoms with Gasteiger partial charge in [-0.25, -0.2) is 0 Å². The molecule has 0 amide bonds. The molecule has 0 heterocycles. The van der Waals surface area contributed by atoms with Gasteiger partial charge in [-0.1, -0.05) is 53.9 Å². The van der Waals surface area contributed by atoms with Crippen molar-refractivity contribution in [3.63, 3.8) is 0 Å². The number of fused-ring (bicyclic) bond motifs is 3. The average Bonchev–Trinajstić information content (AvgIpc) is 2.35. The van der Waals surface area contributed by atoms with Crippen LogP contribution in [-0.4, -0.2) is 0 Å². The third-order valence-corrected chi connectivity index (χ3v) is 8.22. The third kappa shape index (κ3) is 2.26. The molecule has 0 spiro atoms. The molecule has 6 atom stereocenters. The zero-order valence-electron chi connectivity index (χ0n) is 14.5. The summed E-state index contributed by atoms with van der Waals surface area (Å²) in [7, 11) is 0. The summed E-state index contributed by atoms with van der Waals surface area (Å²) in [6, 6.07) is 0. The predicted octanol–water partition coefficient (Wildman–Crippen LogP) is 6.55. The van der Waals surface area contributed by atoms with Crippen molar-refractivity contribution in [2.24, 2.45) is 40.4 Å². The first-order valence-corrected chi connectivity index (χ1v) is 9.34. The molecule has 3 fully saturated rings. The van der Waals surface area contributed by atoms with Crippen molar-refractivity contribution in [3.8, 4) is 0 Å². The van der Waals surface area contributed by atoms with Gasteiger partial charge < -0.3 is 0 Å². The van der Waals surface area contributed by atoms with Gasteiger partial charge >= 0.3 is 0 Å². The summed E-state index contributed by atoms with van der Waals surface area (Å²) >= 11 is 0. The van der Waals surface area contributed by atoms with Crippen LogP contribution in [0.1, 0.15) is 87.4 Å². The zero-order valence-corrected chi connectivity index (χ0v) is 14.5. The lowest BCUT2D eigenvalue weighted by Crippen LogP contribution is -2.48. The minimum absolute atomic E-state index is 0. The van der Waals surface area contributed by atoms with Crippen LogP contribution in [0.5, 0.6) is 0 Å². The van der Waals surface area contributed by atoms with E-state index in [9.17, 15) is 0 Å². The number of rotatable bonds is 0. The van der Waals surface area contributed by atoms with Gasteiger partial charge in [0.1, 0.15) is 0 Å². The summed E-state index contributed by atoms with van der Waals surface area (Å²) < 4.78 is 0. The minimum Gasteiger partial charge on any atom is -0.0622 e. The maximum atomic E-state index is 2.64. The molecule has 3 saturated carbocycles. The van der Waals surface area contributed by atoms with Crippen LogP contribution >= 0.6 is 0 Å². The molecular weight excluding hydrogens is 240 g/mol. The highest BCUT2D eigenvalue weighted by atomic mass is 14.6. The topological polar surface area (TPSA) is 0 Å². The molecule has 0 aliphatic heterocycles. The van der Waals surface area contributed by atoms with Crippen LogP contribution in [0.3, 0.4) is 0 Å². The van der Waals surface area contributed by atoms with Gasteiger partial charge in [-0.05, 0) is 72.5 Å². The second-order valence-corrected chi connectivity index (χ2v) is 9.58. The van der Waals surface area contributed by atoms with E-state index in [4.69, 9.17) is 0 Å². The fourth-order valence-electron chi connectivity index (χ4n) is 6.67. The van der Waals surface area contributed by atoms with Gasteiger partial charge in [0.15, 0.2) is 0 Å². The standard InChI is InChI=1S/C20H36.H2/c1-14-7-6-11-20(5)12-10-17-15(2)8-9-16(13-18(14)20)19(17,3)4;/h14-18H,6-13H2,1-5H3;1H/t14-,15-,16+,17+,18-,20+;/m1./s1. The van der Waals surface area contributed by atoms with Gasteiger partial charge in [-0.3, -0.25) is 0 Å². The summed E-state index contributed by atoms with van der Waals surface area (Å²) in [5, 5.41) is 0. The van der Waals surface area contributed by atoms with Crippen LogP contribution in [0.4, 0.5) is 0 Å². The average molecular weight is 279 g/mol. The quantitative estimate of drug-likeness (QED) is 0.471. The van der Waals surface area contributed by atoms with Crippen LogP contribution in [-0.2, 0) is 0 Å². The highest BCUT2D eigenvalue weighted by Crippen LogP contribution is 2.60. The molecule has 0 aromatic carbocycles. The van der Waals surface area contributed by atoms with Crippen LogP contribution in [0.15, 0.2) is 0 Å². The highest BCUT2D eigenvalue weighted by Gasteiger charge is 2.50. The molecule has 20 heavy (non-hydrogen) atoms. The molecule has 0 radical (unpaired) electrons. The molecule has 3 aliphatic rings. The van der Waals surface area contributed by atoms with Crippen molar-refractivity contribution >= 4 is 0 Å². The number of hydrogen-bond donors (Lipinski definition) is 0. The lowest BCUT2D eigenvalue weighted by Gasteiger charge is -2.57. The fourth-order valence-corrected chi connectivity index (χ4v) is 6.67. The van der Waals surface area contributed by atoms with Crippen LogP contribution in [0, 0.1) is 40.4 Å². The molecule has 0 unspecified atom stereocenters. The maximum absolute atomic E-state index is 2.64. The summed E-state index contributed by atoms with van der Waals surface area (Å²) in [6.07, 6.45) is 12.0. The largest absolute Gasteiger partial charge is 0.0622 e. The monoisotopic (exact) mass is 278 g/mol. The second kappa shape index (κ2) is 5.03. The summed E-state index contributed by atoms with van der Waals surface area (Å²) in [5.41, 5.74) is 1.26. The first kappa shape index (κ1) is 14.9. The highest BCUT2D eigenvalue weighted by molar-refractivity contribution is 5.00. The summed E-state index contributed by atoms with van der Waals surface area (Å²) in [6.45, 7) is 12.9. The molecule has 118 valence electrons. The molecule has 2 bridgehead atoms. The Hall–Kier alpha value is 0. The Labute approximate surface area is 128 Å². The second-order valence-electron chi connectivity index (χ2n) is 9.58. The molecule has 0 aromatic rings. The Morgan fingerprint density at radius 1 is 0.800 bits per heavy atom. The minimum atomic E-state index is 0.